The van der Waals surface area contributed by atoms with Gasteiger partial charge in [-0.25, -0.2) is 0 Å². The molecule has 3 aromatic rings. The number of benzene rings is 1. The van der Waals surface area contributed by atoms with Crippen molar-refractivity contribution < 1.29 is 14.8 Å². The minimum Gasteiger partial charge on any atom is -0.384 e. The van der Waals surface area contributed by atoms with Crippen LogP contribution in [0.5, 0.6) is 0 Å². The topological polar surface area (TPSA) is 121 Å². The molecule has 2 aromatic heterocycles. The van der Waals surface area contributed by atoms with Crippen LogP contribution in [0.1, 0.15) is 23.0 Å². The highest BCUT2D eigenvalue weighted by molar-refractivity contribution is 7.08. The summed E-state index contributed by atoms with van der Waals surface area (Å²) in [7, 11) is 0. The van der Waals surface area contributed by atoms with E-state index < -0.39 is 16.4 Å². The molecule has 3 rings (SSSR count). The van der Waals surface area contributed by atoms with Crippen molar-refractivity contribution in [3.8, 4) is 0 Å². The van der Waals surface area contributed by atoms with Crippen LogP contribution < -0.4 is 5.32 Å². The van der Waals surface area contributed by atoms with Gasteiger partial charge >= 0.3 is 0 Å². The van der Waals surface area contributed by atoms with Crippen LogP contribution in [0.3, 0.4) is 0 Å². The quantitative estimate of drug-likeness (QED) is 0.483. The third-order valence-electron chi connectivity index (χ3n) is 3.71. The van der Waals surface area contributed by atoms with Gasteiger partial charge in [0, 0.05) is 17.5 Å². The molecule has 0 fully saturated rings. The van der Waals surface area contributed by atoms with Crippen LogP contribution in [0.4, 0.5) is 5.69 Å². The van der Waals surface area contributed by atoms with Crippen LogP contribution >= 0.6 is 11.3 Å². The monoisotopic (exact) mass is 346 g/mol. The fourth-order valence-corrected chi connectivity index (χ4v) is 3.08. The van der Waals surface area contributed by atoms with Gasteiger partial charge in [-0.2, -0.15) is 16.4 Å². The molecule has 2 heterocycles. The minimum absolute atomic E-state index is 0.00809. The number of aromatic nitrogens is 2. The largest absolute Gasteiger partial charge is 0.384 e. The van der Waals surface area contributed by atoms with Crippen molar-refractivity contribution in [3.63, 3.8) is 0 Å². The molecule has 9 heteroatoms. The van der Waals surface area contributed by atoms with Crippen molar-refractivity contribution in [1.29, 1.82) is 0 Å². The van der Waals surface area contributed by atoms with Gasteiger partial charge in [0.2, 0.25) is 0 Å². The molecule has 0 spiro atoms. The molecular formula is C15H14N4O4S. The van der Waals surface area contributed by atoms with Crippen LogP contribution in [0.2, 0.25) is 0 Å². The SMILES string of the molecule is CC(O)(CNC(=O)c1n[nH]c2ccc([N+](=O)[O-])cc12)c1ccsc1. The lowest BCUT2D eigenvalue weighted by Crippen LogP contribution is -2.38. The Morgan fingerprint density at radius 2 is 2.29 bits per heavy atom. The van der Waals surface area contributed by atoms with Crippen molar-refractivity contribution in [2.24, 2.45) is 0 Å². The van der Waals surface area contributed by atoms with Crippen LogP contribution in [0.25, 0.3) is 10.9 Å². The molecule has 0 saturated carbocycles. The molecule has 3 N–H and O–H groups in total. The summed E-state index contributed by atoms with van der Waals surface area (Å²) in [6, 6.07) is 5.91. The van der Waals surface area contributed by atoms with Gasteiger partial charge in [-0.1, -0.05) is 0 Å². The number of nitrogens with zero attached hydrogens (tertiary/aromatic N) is 2. The Balaban J connectivity index is 1.81. The number of fused-ring (bicyclic) bond motifs is 1. The molecule has 0 aliphatic rings. The molecular weight excluding hydrogens is 332 g/mol. The van der Waals surface area contributed by atoms with Crippen LogP contribution in [-0.2, 0) is 5.60 Å². The number of hydrogen-bond donors (Lipinski definition) is 3. The highest BCUT2D eigenvalue weighted by Crippen LogP contribution is 2.24. The Kier molecular flexibility index (Phi) is 4.04. The molecule has 1 aromatic carbocycles. The van der Waals surface area contributed by atoms with E-state index >= 15 is 0 Å². The number of nitro benzene ring substituents is 1. The number of nitro groups is 1. The smallest absolute Gasteiger partial charge is 0.272 e. The normalized spacial score (nSPS) is 13.6. The first-order valence-corrected chi connectivity index (χ1v) is 7.98. The number of hydrogen-bond acceptors (Lipinski definition) is 6. The molecule has 1 unspecified atom stereocenters. The number of amides is 1. The van der Waals surface area contributed by atoms with Crippen molar-refractivity contribution in [1.82, 2.24) is 15.5 Å². The van der Waals surface area contributed by atoms with E-state index in [0.29, 0.717) is 16.5 Å². The summed E-state index contributed by atoms with van der Waals surface area (Å²) < 4.78 is 0. The number of rotatable bonds is 5. The predicted molar refractivity (Wildman–Crippen MR) is 89.0 cm³/mol. The van der Waals surface area contributed by atoms with Gasteiger partial charge in [0.05, 0.1) is 17.0 Å². The first-order valence-electron chi connectivity index (χ1n) is 7.04. The summed E-state index contributed by atoms with van der Waals surface area (Å²) >= 11 is 1.45. The molecule has 1 amide bonds. The fourth-order valence-electron chi connectivity index (χ4n) is 2.30. The lowest BCUT2D eigenvalue weighted by molar-refractivity contribution is -0.384. The number of thiophene rings is 1. The van der Waals surface area contributed by atoms with E-state index in [1.165, 1.54) is 29.5 Å². The van der Waals surface area contributed by atoms with E-state index in [4.69, 9.17) is 0 Å². The maximum atomic E-state index is 12.3. The predicted octanol–water partition coefficient (Wildman–Crippen LogP) is 2.17. The number of carbonyl (C=O) groups is 1. The number of nitrogens with one attached hydrogen (secondary N) is 2. The Labute approximate surface area is 140 Å². The zero-order valence-electron chi connectivity index (χ0n) is 12.6. The van der Waals surface area contributed by atoms with E-state index in [2.05, 4.69) is 15.5 Å². The third-order valence-corrected chi connectivity index (χ3v) is 4.39. The van der Waals surface area contributed by atoms with Gasteiger partial charge in [-0.05, 0) is 35.4 Å². The third kappa shape index (κ3) is 2.99. The standard InChI is InChI=1S/C15H14N4O4S/c1-15(21,9-4-5-24-7-9)8-16-14(20)13-11-6-10(19(22)23)2-3-12(11)17-18-13/h2-7,21H,8H2,1H3,(H,16,20)(H,17,18). The molecule has 124 valence electrons. The molecule has 24 heavy (non-hydrogen) atoms. The summed E-state index contributed by atoms with van der Waals surface area (Å²) in [5, 5.41) is 34.5. The minimum atomic E-state index is -1.21. The maximum Gasteiger partial charge on any atom is 0.272 e. The molecule has 0 saturated heterocycles. The van der Waals surface area contributed by atoms with Gasteiger partial charge in [0.25, 0.3) is 11.6 Å². The van der Waals surface area contributed by atoms with Crippen LogP contribution in [-0.4, -0.2) is 32.7 Å². The number of aromatic amines is 1. The fraction of sp³-hybridized carbons (Fsp3) is 0.200. The van der Waals surface area contributed by atoms with E-state index in [0.717, 1.165) is 0 Å². The number of non-ortho nitro benzene ring substituents is 1. The van der Waals surface area contributed by atoms with E-state index in [-0.39, 0.29) is 17.9 Å². The number of carbonyl (C=O) groups excluding carboxylic acids is 1. The van der Waals surface area contributed by atoms with Gasteiger partial charge in [0.15, 0.2) is 5.69 Å². The summed E-state index contributed by atoms with van der Waals surface area (Å²) in [6.45, 7) is 1.59. The summed E-state index contributed by atoms with van der Waals surface area (Å²) in [5.41, 5.74) is -0.0583. The van der Waals surface area contributed by atoms with Crippen LogP contribution in [0, 0.1) is 10.1 Å². The van der Waals surface area contributed by atoms with Crippen molar-refractivity contribution in [3.05, 3.63) is 56.4 Å². The summed E-state index contributed by atoms with van der Waals surface area (Å²) in [6.07, 6.45) is 0. The average Bonchev–Trinajstić information content (AvgIpc) is 3.21. The van der Waals surface area contributed by atoms with Crippen molar-refractivity contribution in [2.45, 2.75) is 12.5 Å². The van der Waals surface area contributed by atoms with E-state index in [1.54, 1.807) is 18.4 Å². The number of H-pyrrole nitrogens is 1. The average molecular weight is 346 g/mol. The highest BCUT2D eigenvalue weighted by atomic mass is 32.1. The second kappa shape index (κ2) is 6.02. The maximum absolute atomic E-state index is 12.3. The second-order valence-electron chi connectivity index (χ2n) is 5.53. The molecule has 0 aliphatic heterocycles. The molecule has 8 nitrogen and oxygen atoms in total. The first-order chi connectivity index (χ1) is 11.4. The lowest BCUT2D eigenvalue weighted by atomic mass is 9.99. The van der Waals surface area contributed by atoms with Gasteiger partial charge in [-0.15, -0.1) is 0 Å². The molecule has 0 aliphatic carbocycles. The van der Waals surface area contributed by atoms with Gasteiger partial charge in [-0.3, -0.25) is 20.0 Å². The van der Waals surface area contributed by atoms with Crippen molar-refractivity contribution >= 4 is 33.8 Å². The summed E-state index contributed by atoms with van der Waals surface area (Å²) in [5.74, 6) is -0.516. The summed E-state index contributed by atoms with van der Waals surface area (Å²) in [4.78, 5) is 22.7. The molecule has 0 bridgehead atoms. The Bertz CT molecular complexity index is 901. The zero-order valence-corrected chi connectivity index (χ0v) is 13.5. The van der Waals surface area contributed by atoms with E-state index in [9.17, 15) is 20.0 Å². The lowest BCUT2D eigenvalue weighted by Gasteiger charge is -2.22. The Hall–Kier alpha value is -2.78. The van der Waals surface area contributed by atoms with Crippen LogP contribution in [0.15, 0.2) is 35.0 Å². The van der Waals surface area contributed by atoms with Gasteiger partial charge in [0.1, 0.15) is 5.60 Å². The van der Waals surface area contributed by atoms with Gasteiger partial charge < -0.3 is 10.4 Å². The Morgan fingerprint density at radius 3 is 2.96 bits per heavy atom. The highest BCUT2D eigenvalue weighted by Gasteiger charge is 2.25. The second-order valence-corrected chi connectivity index (χ2v) is 6.31. The van der Waals surface area contributed by atoms with E-state index in [1.807, 2.05) is 5.38 Å². The zero-order chi connectivity index (χ0) is 17.3. The Morgan fingerprint density at radius 1 is 1.50 bits per heavy atom. The van der Waals surface area contributed by atoms with Crippen molar-refractivity contribution in [2.75, 3.05) is 6.54 Å². The number of aliphatic hydroxyl groups is 1. The molecule has 0 radical (unpaired) electrons. The molecule has 1 atom stereocenters. The first kappa shape index (κ1) is 16.1.